The molecule has 29 heavy (non-hydrogen) atoms. The van der Waals surface area contributed by atoms with Crippen LogP contribution >= 0.6 is 0 Å². The standard InChI is InChI=1S/C23H26N6/c1-17-25-22-20-9-5-6-10-21(20)26-23(29(22)27-17)24-15-18-11-13-28(14-12-18)16-19-7-3-2-4-8-19/h2-10,18H,11-16H2,1H3,(H,24,26). The zero-order valence-corrected chi connectivity index (χ0v) is 16.8. The molecule has 4 aromatic rings. The molecule has 1 aliphatic heterocycles. The van der Waals surface area contributed by atoms with Crippen molar-refractivity contribution in [2.75, 3.05) is 25.0 Å². The third kappa shape index (κ3) is 3.80. The first-order valence-corrected chi connectivity index (χ1v) is 10.4. The zero-order chi connectivity index (χ0) is 19.6. The van der Waals surface area contributed by atoms with Gasteiger partial charge in [0.25, 0.3) is 0 Å². The largest absolute Gasteiger partial charge is 0.354 e. The third-order valence-electron chi connectivity index (χ3n) is 5.79. The summed E-state index contributed by atoms with van der Waals surface area (Å²) in [7, 11) is 0. The molecule has 1 fully saturated rings. The summed E-state index contributed by atoms with van der Waals surface area (Å²) in [5, 5.41) is 9.15. The van der Waals surface area contributed by atoms with Gasteiger partial charge in [-0.05, 0) is 56.5 Å². The number of hydrogen-bond acceptors (Lipinski definition) is 5. The summed E-state index contributed by atoms with van der Waals surface area (Å²) in [6, 6.07) is 18.9. The van der Waals surface area contributed by atoms with Gasteiger partial charge in [-0.15, -0.1) is 5.10 Å². The molecule has 1 saturated heterocycles. The van der Waals surface area contributed by atoms with Crippen molar-refractivity contribution >= 4 is 22.5 Å². The zero-order valence-electron chi connectivity index (χ0n) is 16.8. The van der Waals surface area contributed by atoms with Gasteiger partial charge >= 0.3 is 0 Å². The van der Waals surface area contributed by atoms with Gasteiger partial charge in [0.15, 0.2) is 5.65 Å². The summed E-state index contributed by atoms with van der Waals surface area (Å²) in [6.07, 6.45) is 2.40. The highest BCUT2D eigenvalue weighted by molar-refractivity contribution is 5.92. The minimum Gasteiger partial charge on any atom is -0.354 e. The molecule has 0 unspecified atom stereocenters. The molecule has 3 heterocycles. The average molecular weight is 387 g/mol. The Labute approximate surface area is 170 Å². The highest BCUT2D eigenvalue weighted by Gasteiger charge is 2.20. The molecule has 1 aliphatic rings. The van der Waals surface area contributed by atoms with E-state index in [2.05, 4.69) is 56.7 Å². The maximum absolute atomic E-state index is 4.81. The molecule has 0 aliphatic carbocycles. The molecular weight excluding hydrogens is 360 g/mol. The molecule has 148 valence electrons. The maximum atomic E-state index is 4.81. The van der Waals surface area contributed by atoms with E-state index in [1.807, 2.05) is 29.6 Å². The van der Waals surface area contributed by atoms with Crippen molar-refractivity contribution in [3.8, 4) is 0 Å². The van der Waals surface area contributed by atoms with E-state index in [1.165, 1.54) is 18.4 Å². The Kier molecular flexibility index (Phi) is 4.86. The molecule has 2 aromatic carbocycles. The predicted molar refractivity (Wildman–Crippen MR) is 116 cm³/mol. The van der Waals surface area contributed by atoms with Crippen LogP contribution in [0.4, 0.5) is 5.95 Å². The van der Waals surface area contributed by atoms with E-state index in [9.17, 15) is 0 Å². The molecule has 1 N–H and O–H groups in total. The summed E-state index contributed by atoms with van der Waals surface area (Å²) in [6.45, 7) is 6.17. The Hall–Kier alpha value is -2.99. The fourth-order valence-electron chi connectivity index (χ4n) is 4.20. The van der Waals surface area contributed by atoms with Crippen molar-refractivity contribution in [3.63, 3.8) is 0 Å². The van der Waals surface area contributed by atoms with E-state index in [4.69, 9.17) is 4.98 Å². The van der Waals surface area contributed by atoms with Crippen molar-refractivity contribution in [1.29, 1.82) is 0 Å². The SMILES string of the molecule is Cc1nc2c3ccccc3nc(NCC3CCN(Cc4ccccc4)CC3)n2n1. The van der Waals surface area contributed by atoms with Gasteiger partial charge in [-0.2, -0.15) is 4.52 Å². The van der Waals surface area contributed by atoms with E-state index in [-0.39, 0.29) is 0 Å². The second kappa shape index (κ2) is 7.79. The van der Waals surface area contributed by atoms with Crippen molar-refractivity contribution in [1.82, 2.24) is 24.5 Å². The van der Waals surface area contributed by atoms with Crippen molar-refractivity contribution in [3.05, 3.63) is 66.0 Å². The highest BCUT2D eigenvalue weighted by Crippen LogP contribution is 2.23. The first-order valence-electron chi connectivity index (χ1n) is 10.4. The normalized spacial score (nSPS) is 15.9. The Morgan fingerprint density at radius 2 is 1.72 bits per heavy atom. The Bertz CT molecular complexity index is 1110. The van der Waals surface area contributed by atoms with E-state index < -0.39 is 0 Å². The molecule has 0 saturated carbocycles. The number of nitrogens with one attached hydrogen (secondary N) is 1. The number of likely N-dealkylation sites (tertiary alicyclic amines) is 1. The van der Waals surface area contributed by atoms with E-state index in [0.717, 1.165) is 54.5 Å². The lowest BCUT2D eigenvalue weighted by Crippen LogP contribution is -2.35. The van der Waals surface area contributed by atoms with Gasteiger partial charge in [0.1, 0.15) is 5.82 Å². The summed E-state index contributed by atoms with van der Waals surface area (Å²) in [4.78, 5) is 12.0. The molecular formula is C23H26N6. The minimum absolute atomic E-state index is 0.648. The maximum Gasteiger partial charge on any atom is 0.226 e. The Balaban J connectivity index is 1.25. The smallest absolute Gasteiger partial charge is 0.226 e. The lowest BCUT2D eigenvalue weighted by atomic mass is 9.96. The fourth-order valence-corrected chi connectivity index (χ4v) is 4.20. The van der Waals surface area contributed by atoms with Gasteiger partial charge in [-0.25, -0.2) is 9.97 Å². The second-order valence-electron chi connectivity index (χ2n) is 7.93. The van der Waals surface area contributed by atoms with Crippen molar-refractivity contribution < 1.29 is 0 Å². The van der Waals surface area contributed by atoms with Crippen molar-refractivity contribution in [2.45, 2.75) is 26.3 Å². The Morgan fingerprint density at radius 3 is 2.55 bits per heavy atom. The van der Waals surface area contributed by atoms with Crippen LogP contribution in [0.25, 0.3) is 16.6 Å². The van der Waals surface area contributed by atoms with Gasteiger partial charge in [-0.3, -0.25) is 4.90 Å². The van der Waals surface area contributed by atoms with E-state index >= 15 is 0 Å². The van der Waals surface area contributed by atoms with Crippen molar-refractivity contribution in [2.24, 2.45) is 5.92 Å². The third-order valence-corrected chi connectivity index (χ3v) is 5.79. The summed E-state index contributed by atoms with van der Waals surface area (Å²) < 4.78 is 1.85. The molecule has 0 bridgehead atoms. The lowest BCUT2D eigenvalue weighted by molar-refractivity contribution is 0.182. The summed E-state index contributed by atoms with van der Waals surface area (Å²) >= 11 is 0. The molecule has 6 heteroatoms. The van der Waals surface area contributed by atoms with Gasteiger partial charge in [-0.1, -0.05) is 42.5 Å². The number of benzene rings is 2. The number of aryl methyl sites for hydroxylation is 1. The number of piperidine rings is 1. The molecule has 0 spiro atoms. The Morgan fingerprint density at radius 1 is 0.966 bits per heavy atom. The van der Waals surface area contributed by atoms with Crippen LogP contribution in [0.15, 0.2) is 54.6 Å². The van der Waals surface area contributed by atoms with Crippen LogP contribution in [-0.2, 0) is 6.54 Å². The number of para-hydroxylation sites is 1. The van der Waals surface area contributed by atoms with Crippen LogP contribution < -0.4 is 5.32 Å². The van der Waals surface area contributed by atoms with Crippen LogP contribution in [0.2, 0.25) is 0 Å². The van der Waals surface area contributed by atoms with Gasteiger partial charge in [0.2, 0.25) is 5.95 Å². The van der Waals surface area contributed by atoms with Gasteiger partial charge in [0, 0.05) is 18.5 Å². The monoisotopic (exact) mass is 386 g/mol. The van der Waals surface area contributed by atoms with E-state index in [1.54, 1.807) is 0 Å². The van der Waals surface area contributed by atoms with Crippen LogP contribution in [0.5, 0.6) is 0 Å². The average Bonchev–Trinajstić information content (AvgIpc) is 3.16. The number of nitrogens with zero attached hydrogens (tertiary/aromatic N) is 5. The summed E-state index contributed by atoms with van der Waals surface area (Å²) in [5.74, 6) is 2.20. The molecule has 0 radical (unpaired) electrons. The van der Waals surface area contributed by atoms with Gasteiger partial charge < -0.3 is 5.32 Å². The second-order valence-corrected chi connectivity index (χ2v) is 7.93. The quantitative estimate of drug-likeness (QED) is 0.564. The first-order chi connectivity index (χ1) is 14.3. The molecule has 0 amide bonds. The van der Waals surface area contributed by atoms with E-state index in [0.29, 0.717) is 5.92 Å². The predicted octanol–water partition coefficient (Wildman–Crippen LogP) is 3.91. The first kappa shape index (κ1) is 18.1. The molecule has 5 rings (SSSR count). The fraction of sp³-hybridized carbons (Fsp3) is 0.348. The van der Waals surface area contributed by atoms with Crippen LogP contribution in [0, 0.1) is 12.8 Å². The van der Waals surface area contributed by atoms with Gasteiger partial charge in [0.05, 0.1) is 5.52 Å². The number of rotatable bonds is 5. The topological polar surface area (TPSA) is 58.4 Å². The molecule has 2 aromatic heterocycles. The number of anilines is 1. The number of fused-ring (bicyclic) bond motifs is 3. The highest BCUT2D eigenvalue weighted by atomic mass is 15.4. The van der Waals surface area contributed by atoms with Crippen LogP contribution in [0.3, 0.4) is 0 Å². The number of hydrogen-bond donors (Lipinski definition) is 1. The molecule has 6 nitrogen and oxygen atoms in total. The van der Waals surface area contributed by atoms with Crippen LogP contribution in [0.1, 0.15) is 24.2 Å². The van der Waals surface area contributed by atoms with Crippen LogP contribution in [-0.4, -0.2) is 44.1 Å². The minimum atomic E-state index is 0.648. The summed E-state index contributed by atoms with van der Waals surface area (Å²) in [5.41, 5.74) is 3.22. The molecule has 0 atom stereocenters. The number of aromatic nitrogens is 4. The lowest BCUT2D eigenvalue weighted by Gasteiger charge is -2.32.